The largest absolute Gasteiger partial charge is 0.357 e. The number of hydrogen-bond acceptors (Lipinski definition) is 4. The van der Waals surface area contributed by atoms with Crippen molar-refractivity contribution in [2.45, 2.75) is 33.1 Å². The molecule has 1 heterocycles. The van der Waals surface area contributed by atoms with E-state index in [1.54, 1.807) is 11.3 Å². The highest BCUT2D eigenvalue weighted by molar-refractivity contribution is 14.0. The highest BCUT2D eigenvalue weighted by Crippen LogP contribution is 2.46. The number of nitrogens with one attached hydrogen (secondary N) is 2. The van der Waals surface area contributed by atoms with Crippen LogP contribution in [0.2, 0.25) is 0 Å². The predicted molar refractivity (Wildman–Crippen MR) is 118 cm³/mol. The summed E-state index contributed by atoms with van der Waals surface area (Å²) in [4.78, 5) is 6.03. The lowest BCUT2D eigenvalue weighted by atomic mass is 10.1. The Labute approximate surface area is 173 Å². The molecule has 1 aliphatic carbocycles. The third kappa shape index (κ3) is 8.72. The van der Waals surface area contributed by atoms with Gasteiger partial charge < -0.3 is 10.6 Å². The maximum Gasteiger partial charge on any atom is 0.191 e. The van der Waals surface area contributed by atoms with Gasteiger partial charge in [-0.2, -0.15) is 0 Å². The molecular formula is C17H30IN3O2S2. The molecule has 25 heavy (non-hydrogen) atoms. The van der Waals surface area contributed by atoms with E-state index >= 15 is 0 Å². The monoisotopic (exact) mass is 499 g/mol. The minimum absolute atomic E-state index is 0. The van der Waals surface area contributed by atoms with Crippen LogP contribution in [0.1, 0.15) is 31.6 Å². The molecule has 5 nitrogen and oxygen atoms in total. The molecule has 1 unspecified atom stereocenters. The fourth-order valence-electron chi connectivity index (χ4n) is 2.78. The molecule has 0 amide bonds. The first-order valence-corrected chi connectivity index (χ1v) is 11.5. The normalized spacial score (nSPS) is 17.5. The minimum atomic E-state index is -2.94. The lowest BCUT2D eigenvalue weighted by Gasteiger charge is -2.17. The highest BCUT2D eigenvalue weighted by Gasteiger charge is 2.45. The Kier molecular flexibility index (Phi) is 9.17. The lowest BCUT2D eigenvalue weighted by molar-refractivity contribution is 0.543. The number of hydrogen-bond donors (Lipinski definition) is 2. The molecule has 1 atom stereocenters. The summed E-state index contributed by atoms with van der Waals surface area (Å²) in [5.41, 5.74) is -0.126. The Morgan fingerprint density at radius 2 is 2.12 bits per heavy atom. The van der Waals surface area contributed by atoms with E-state index in [9.17, 15) is 8.42 Å². The Morgan fingerprint density at radius 3 is 2.64 bits per heavy atom. The van der Waals surface area contributed by atoms with Crippen LogP contribution >= 0.6 is 35.3 Å². The first-order chi connectivity index (χ1) is 11.3. The van der Waals surface area contributed by atoms with E-state index in [0.29, 0.717) is 12.5 Å². The molecule has 0 spiro atoms. The average molecular weight is 499 g/mol. The molecule has 0 aliphatic heterocycles. The number of guanidine groups is 1. The Balaban J connectivity index is 0.00000312. The van der Waals surface area contributed by atoms with Gasteiger partial charge >= 0.3 is 0 Å². The van der Waals surface area contributed by atoms with Crippen LogP contribution in [-0.4, -0.2) is 46.0 Å². The van der Waals surface area contributed by atoms with E-state index in [4.69, 9.17) is 0 Å². The molecular weight excluding hydrogens is 469 g/mol. The number of aliphatic imine (C=N–C) groups is 1. The van der Waals surface area contributed by atoms with Crippen molar-refractivity contribution in [2.75, 3.05) is 31.6 Å². The van der Waals surface area contributed by atoms with Gasteiger partial charge in [-0.15, -0.1) is 35.3 Å². The van der Waals surface area contributed by atoms with Gasteiger partial charge in [-0.05, 0) is 43.6 Å². The zero-order chi connectivity index (χ0) is 17.6. The van der Waals surface area contributed by atoms with Gasteiger partial charge in [-0.25, -0.2) is 8.42 Å². The molecule has 0 bridgehead atoms. The van der Waals surface area contributed by atoms with Gasteiger partial charge in [0.1, 0.15) is 9.84 Å². The third-order valence-electron chi connectivity index (χ3n) is 4.19. The van der Waals surface area contributed by atoms with Gasteiger partial charge in [0, 0.05) is 36.2 Å². The summed E-state index contributed by atoms with van der Waals surface area (Å²) in [5, 5.41) is 8.75. The van der Waals surface area contributed by atoms with Crippen LogP contribution in [0, 0.1) is 11.3 Å². The van der Waals surface area contributed by atoms with E-state index in [0.717, 1.165) is 38.3 Å². The SMILES string of the molecule is CCNC(=NCC1(CS(C)(=O)=O)CC1)NCC(C)Cc1cccs1.I. The Bertz CT molecular complexity index is 641. The smallest absolute Gasteiger partial charge is 0.191 e. The van der Waals surface area contributed by atoms with Crippen molar-refractivity contribution in [2.24, 2.45) is 16.3 Å². The standard InChI is InChI=1S/C17H29N3O2S2.HI/c1-4-18-16(19-11-14(2)10-15-6-5-9-23-15)20-12-17(7-8-17)13-24(3,21)22;/h5-6,9,14H,4,7-8,10-13H2,1-3H3,(H2,18,19,20);1H. The summed E-state index contributed by atoms with van der Waals surface area (Å²) < 4.78 is 23.1. The molecule has 0 saturated heterocycles. The summed E-state index contributed by atoms with van der Waals surface area (Å²) in [5.74, 6) is 1.55. The van der Waals surface area contributed by atoms with Gasteiger partial charge in [-0.1, -0.05) is 13.0 Å². The van der Waals surface area contributed by atoms with Gasteiger partial charge in [0.15, 0.2) is 5.96 Å². The Hall–Kier alpha value is -0.350. The van der Waals surface area contributed by atoms with Crippen LogP contribution in [-0.2, 0) is 16.3 Å². The number of halogens is 1. The summed E-state index contributed by atoms with van der Waals surface area (Å²) in [6.07, 6.45) is 4.28. The molecule has 1 aromatic heterocycles. The summed E-state index contributed by atoms with van der Waals surface area (Å²) >= 11 is 1.79. The molecule has 2 rings (SSSR count). The summed E-state index contributed by atoms with van der Waals surface area (Å²) in [7, 11) is -2.94. The van der Waals surface area contributed by atoms with Gasteiger partial charge in [0.2, 0.25) is 0 Å². The van der Waals surface area contributed by atoms with E-state index < -0.39 is 9.84 Å². The van der Waals surface area contributed by atoms with Crippen LogP contribution in [0.4, 0.5) is 0 Å². The average Bonchev–Trinajstić information content (AvgIpc) is 3.03. The van der Waals surface area contributed by atoms with Crippen molar-refractivity contribution in [1.82, 2.24) is 10.6 Å². The van der Waals surface area contributed by atoms with Crippen LogP contribution in [0.15, 0.2) is 22.5 Å². The molecule has 1 aromatic rings. The quantitative estimate of drug-likeness (QED) is 0.312. The third-order valence-corrected chi connectivity index (χ3v) is 6.23. The second-order valence-corrected chi connectivity index (χ2v) is 10.2. The fraction of sp³-hybridized carbons (Fsp3) is 0.706. The lowest BCUT2D eigenvalue weighted by Crippen LogP contribution is -2.40. The molecule has 8 heteroatoms. The van der Waals surface area contributed by atoms with E-state index in [2.05, 4.69) is 40.1 Å². The van der Waals surface area contributed by atoms with Crippen molar-refractivity contribution in [1.29, 1.82) is 0 Å². The molecule has 144 valence electrons. The number of thiophene rings is 1. The molecule has 1 aliphatic rings. The number of nitrogens with zero attached hydrogens (tertiary/aromatic N) is 1. The minimum Gasteiger partial charge on any atom is -0.357 e. The topological polar surface area (TPSA) is 70.6 Å². The van der Waals surface area contributed by atoms with Gasteiger partial charge in [0.25, 0.3) is 0 Å². The van der Waals surface area contributed by atoms with E-state index in [1.807, 2.05) is 6.92 Å². The fourth-order valence-corrected chi connectivity index (χ4v) is 5.15. The van der Waals surface area contributed by atoms with Crippen molar-refractivity contribution in [3.05, 3.63) is 22.4 Å². The van der Waals surface area contributed by atoms with Gasteiger partial charge in [-0.3, -0.25) is 4.99 Å². The summed E-state index contributed by atoms with van der Waals surface area (Å²) in [6.45, 7) is 6.49. The second kappa shape index (κ2) is 10.1. The van der Waals surface area contributed by atoms with Crippen LogP contribution in [0.25, 0.3) is 0 Å². The number of rotatable bonds is 9. The zero-order valence-corrected chi connectivity index (χ0v) is 19.2. The number of sulfone groups is 1. The maximum absolute atomic E-state index is 11.5. The van der Waals surface area contributed by atoms with Crippen molar-refractivity contribution in [3.63, 3.8) is 0 Å². The Morgan fingerprint density at radius 1 is 1.40 bits per heavy atom. The van der Waals surface area contributed by atoms with Crippen LogP contribution < -0.4 is 10.6 Å². The van der Waals surface area contributed by atoms with Crippen molar-refractivity contribution >= 4 is 51.1 Å². The molecule has 1 saturated carbocycles. The first-order valence-electron chi connectivity index (χ1n) is 8.54. The van der Waals surface area contributed by atoms with E-state index in [1.165, 1.54) is 11.1 Å². The second-order valence-electron chi connectivity index (χ2n) is 7.03. The molecule has 1 fully saturated rings. The highest BCUT2D eigenvalue weighted by atomic mass is 127. The molecule has 0 aromatic carbocycles. The predicted octanol–water partition coefficient (Wildman–Crippen LogP) is 2.92. The van der Waals surface area contributed by atoms with Gasteiger partial charge in [0.05, 0.1) is 5.75 Å². The van der Waals surface area contributed by atoms with E-state index in [-0.39, 0.29) is 35.1 Å². The maximum atomic E-state index is 11.5. The van der Waals surface area contributed by atoms with Crippen LogP contribution in [0.5, 0.6) is 0 Å². The first kappa shape index (κ1) is 22.7. The van der Waals surface area contributed by atoms with Crippen LogP contribution in [0.3, 0.4) is 0 Å². The molecule has 2 N–H and O–H groups in total. The zero-order valence-electron chi connectivity index (χ0n) is 15.2. The summed E-state index contributed by atoms with van der Waals surface area (Å²) in [6, 6.07) is 4.25. The van der Waals surface area contributed by atoms with Crippen molar-refractivity contribution < 1.29 is 8.42 Å². The molecule has 0 radical (unpaired) electrons. The van der Waals surface area contributed by atoms with Crippen molar-refractivity contribution in [3.8, 4) is 0 Å².